The van der Waals surface area contributed by atoms with Crippen LogP contribution in [0.1, 0.15) is 69.9 Å². The normalized spacial score (nSPS) is 32.0. The first-order valence-corrected chi connectivity index (χ1v) is 11.4. The first-order chi connectivity index (χ1) is 14.5. The van der Waals surface area contributed by atoms with Crippen molar-refractivity contribution in [1.29, 1.82) is 0 Å². The van der Waals surface area contributed by atoms with Gasteiger partial charge in [0.15, 0.2) is 5.76 Å². The molecule has 2 saturated carbocycles. The Morgan fingerprint density at radius 3 is 2.61 bits per heavy atom. The topological polar surface area (TPSA) is 94.8 Å². The number of nitrogens with one attached hydrogen (secondary N) is 2. The fraction of sp³-hybridized carbons (Fsp3) is 0.750. The lowest BCUT2D eigenvalue weighted by Crippen LogP contribution is -2.52. The summed E-state index contributed by atoms with van der Waals surface area (Å²) in [5.74, 6) is 0.368. The number of furan rings is 1. The van der Waals surface area contributed by atoms with E-state index in [0.717, 1.165) is 19.4 Å². The standard InChI is InChI=1S/C24H39N3O4/c1-22(2)16-19(26-21(29)17-7-6-14-31-17)24(11-10-23(3,30)15-18(22)24)9-8-20(28)25-12-13-27(4)5/h6-7,14,18-19,30H,8-13,15-16H2,1-5H3,(H,25,28)(H,26,29)/t18-,19-,23-,24-/m0/s1. The maximum atomic E-state index is 12.8. The molecule has 1 heterocycles. The molecule has 2 amide bonds. The minimum Gasteiger partial charge on any atom is -0.459 e. The van der Waals surface area contributed by atoms with Crippen LogP contribution in [0, 0.1) is 16.7 Å². The zero-order valence-corrected chi connectivity index (χ0v) is 19.7. The van der Waals surface area contributed by atoms with E-state index in [1.54, 1.807) is 12.1 Å². The van der Waals surface area contributed by atoms with E-state index in [4.69, 9.17) is 4.42 Å². The lowest BCUT2D eigenvalue weighted by Gasteiger charge is -2.50. The average Bonchev–Trinajstić information content (AvgIpc) is 3.26. The van der Waals surface area contributed by atoms with Gasteiger partial charge < -0.3 is 25.1 Å². The van der Waals surface area contributed by atoms with Gasteiger partial charge in [0.2, 0.25) is 5.91 Å². The van der Waals surface area contributed by atoms with Crippen molar-refractivity contribution in [1.82, 2.24) is 15.5 Å². The summed E-state index contributed by atoms with van der Waals surface area (Å²) in [6.07, 6.45) is 5.61. The summed E-state index contributed by atoms with van der Waals surface area (Å²) in [6.45, 7) is 7.79. The largest absolute Gasteiger partial charge is 0.459 e. The molecule has 7 nitrogen and oxygen atoms in total. The summed E-state index contributed by atoms with van der Waals surface area (Å²) >= 11 is 0. The molecule has 174 valence electrons. The molecule has 7 heteroatoms. The Balaban J connectivity index is 1.78. The van der Waals surface area contributed by atoms with Crippen molar-refractivity contribution in [2.24, 2.45) is 16.7 Å². The Kier molecular flexibility index (Phi) is 6.87. The van der Waals surface area contributed by atoms with Gasteiger partial charge in [0.25, 0.3) is 5.91 Å². The first kappa shape index (κ1) is 23.8. The van der Waals surface area contributed by atoms with E-state index < -0.39 is 5.60 Å². The number of rotatable bonds is 8. The summed E-state index contributed by atoms with van der Waals surface area (Å²) in [7, 11) is 3.97. The highest BCUT2D eigenvalue weighted by Gasteiger charge is 2.61. The van der Waals surface area contributed by atoms with Gasteiger partial charge in [-0.15, -0.1) is 0 Å². The first-order valence-electron chi connectivity index (χ1n) is 11.4. The fourth-order valence-electron chi connectivity index (χ4n) is 5.92. The van der Waals surface area contributed by atoms with Crippen LogP contribution in [-0.2, 0) is 4.79 Å². The van der Waals surface area contributed by atoms with E-state index in [2.05, 4.69) is 24.5 Å². The predicted molar refractivity (Wildman–Crippen MR) is 120 cm³/mol. The van der Waals surface area contributed by atoms with E-state index in [1.165, 1.54) is 6.26 Å². The molecule has 0 aromatic carbocycles. The molecule has 31 heavy (non-hydrogen) atoms. The Labute approximate surface area is 185 Å². The van der Waals surface area contributed by atoms with Crippen LogP contribution in [0.4, 0.5) is 0 Å². The molecule has 3 rings (SSSR count). The number of carbonyl (C=O) groups excluding carboxylic acids is 2. The van der Waals surface area contributed by atoms with Crippen LogP contribution in [0.5, 0.6) is 0 Å². The SMILES string of the molecule is CN(C)CCNC(=O)CC[C@]12CC[C@](C)(O)C[C@H]1C(C)(C)C[C@@H]2NC(=O)c1ccco1. The summed E-state index contributed by atoms with van der Waals surface area (Å²) in [4.78, 5) is 27.4. The van der Waals surface area contributed by atoms with Crippen molar-refractivity contribution in [3.8, 4) is 0 Å². The van der Waals surface area contributed by atoms with Crippen molar-refractivity contribution in [2.75, 3.05) is 27.2 Å². The van der Waals surface area contributed by atoms with Crippen LogP contribution in [0.25, 0.3) is 0 Å². The molecule has 3 N–H and O–H groups in total. The minimum absolute atomic E-state index is 0.0487. The summed E-state index contributed by atoms with van der Waals surface area (Å²) in [5.41, 5.74) is -0.973. The minimum atomic E-state index is -0.709. The van der Waals surface area contributed by atoms with E-state index in [1.807, 2.05) is 25.9 Å². The second-order valence-electron chi connectivity index (χ2n) is 10.8. The average molecular weight is 434 g/mol. The van der Waals surface area contributed by atoms with Crippen LogP contribution in [0.3, 0.4) is 0 Å². The van der Waals surface area contributed by atoms with E-state index in [-0.39, 0.29) is 34.6 Å². The third kappa shape index (κ3) is 5.32. The van der Waals surface area contributed by atoms with Crippen molar-refractivity contribution in [3.05, 3.63) is 24.2 Å². The Hall–Kier alpha value is -1.86. The van der Waals surface area contributed by atoms with Crippen LogP contribution in [0.2, 0.25) is 0 Å². The predicted octanol–water partition coefficient (Wildman–Crippen LogP) is 2.80. The second kappa shape index (κ2) is 8.94. The zero-order chi connectivity index (χ0) is 22.9. The summed E-state index contributed by atoms with van der Waals surface area (Å²) < 4.78 is 5.30. The van der Waals surface area contributed by atoms with Crippen LogP contribution < -0.4 is 10.6 Å². The highest BCUT2D eigenvalue weighted by atomic mass is 16.3. The Morgan fingerprint density at radius 1 is 1.23 bits per heavy atom. The maximum Gasteiger partial charge on any atom is 0.287 e. The lowest BCUT2D eigenvalue weighted by molar-refractivity contribution is -0.123. The van der Waals surface area contributed by atoms with Gasteiger partial charge >= 0.3 is 0 Å². The zero-order valence-electron chi connectivity index (χ0n) is 19.7. The summed E-state index contributed by atoms with van der Waals surface area (Å²) in [6, 6.07) is 3.32. The molecule has 1 aromatic rings. The third-order valence-corrected chi connectivity index (χ3v) is 7.58. The number of aliphatic hydroxyl groups is 1. The molecule has 4 atom stereocenters. The van der Waals surface area contributed by atoms with Gasteiger partial charge in [-0.05, 0) is 82.0 Å². The Morgan fingerprint density at radius 2 is 1.97 bits per heavy atom. The van der Waals surface area contributed by atoms with Crippen molar-refractivity contribution < 1.29 is 19.1 Å². The highest BCUT2D eigenvalue weighted by molar-refractivity contribution is 5.91. The number of likely N-dealkylation sites (N-methyl/N-ethyl adjacent to an activating group) is 1. The van der Waals surface area contributed by atoms with Gasteiger partial charge in [0, 0.05) is 25.6 Å². The summed E-state index contributed by atoms with van der Waals surface area (Å²) in [5, 5.41) is 17.1. The van der Waals surface area contributed by atoms with Gasteiger partial charge in [-0.25, -0.2) is 0 Å². The van der Waals surface area contributed by atoms with Gasteiger partial charge in [0.05, 0.1) is 11.9 Å². The number of amides is 2. The molecule has 0 spiro atoms. The maximum absolute atomic E-state index is 12.8. The van der Waals surface area contributed by atoms with Crippen LogP contribution >= 0.6 is 0 Å². The molecular formula is C24H39N3O4. The second-order valence-corrected chi connectivity index (χ2v) is 10.8. The molecule has 2 aliphatic rings. The molecule has 0 unspecified atom stereocenters. The molecule has 2 aliphatic carbocycles. The molecule has 0 radical (unpaired) electrons. The van der Waals surface area contributed by atoms with E-state index in [9.17, 15) is 14.7 Å². The molecular weight excluding hydrogens is 394 g/mol. The molecule has 0 aliphatic heterocycles. The monoisotopic (exact) mass is 433 g/mol. The molecule has 2 fully saturated rings. The number of hydrogen-bond acceptors (Lipinski definition) is 5. The molecule has 0 bridgehead atoms. The van der Waals surface area contributed by atoms with Crippen molar-refractivity contribution >= 4 is 11.8 Å². The van der Waals surface area contributed by atoms with Crippen molar-refractivity contribution in [3.63, 3.8) is 0 Å². The number of fused-ring (bicyclic) bond motifs is 1. The van der Waals surface area contributed by atoms with Gasteiger partial charge in [-0.3, -0.25) is 9.59 Å². The van der Waals surface area contributed by atoms with Gasteiger partial charge in [-0.2, -0.15) is 0 Å². The quantitative estimate of drug-likeness (QED) is 0.586. The highest BCUT2D eigenvalue weighted by Crippen LogP contribution is 2.63. The smallest absolute Gasteiger partial charge is 0.287 e. The lowest BCUT2D eigenvalue weighted by atomic mass is 9.57. The van der Waals surface area contributed by atoms with Gasteiger partial charge in [0.1, 0.15) is 0 Å². The molecule has 0 saturated heterocycles. The molecule has 1 aromatic heterocycles. The van der Waals surface area contributed by atoms with Crippen LogP contribution in [-0.4, -0.2) is 60.6 Å². The Bertz CT molecular complexity index is 772. The number of carbonyl (C=O) groups is 2. The van der Waals surface area contributed by atoms with E-state index >= 15 is 0 Å². The van der Waals surface area contributed by atoms with Gasteiger partial charge in [-0.1, -0.05) is 13.8 Å². The van der Waals surface area contributed by atoms with Crippen molar-refractivity contribution in [2.45, 2.75) is 70.9 Å². The number of hydrogen-bond donors (Lipinski definition) is 3. The van der Waals surface area contributed by atoms with E-state index in [0.29, 0.717) is 38.0 Å². The third-order valence-electron chi connectivity index (χ3n) is 7.58. The fourth-order valence-corrected chi connectivity index (χ4v) is 5.92. The number of nitrogens with zero attached hydrogens (tertiary/aromatic N) is 1. The van der Waals surface area contributed by atoms with Crippen LogP contribution in [0.15, 0.2) is 22.8 Å².